The number of pyridine rings is 1. The number of carbonyl (C=O) groups is 1. The number of hydrogen-bond donors (Lipinski definition) is 1. The molecule has 10 heteroatoms. The third-order valence-corrected chi connectivity index (χ3v) is 4.81. The van der Waals surface area contributed by atoms with Crippen LogP contribution in [0.1, 0.15) is 19.4 Å². The van der Waals surface area contributed by atoms with Gasteiger partial charge in [-0.15, -0.1) is 0 Å². The van der Waals surface area contributed by atoms with Crippen molar-refractivity contribution in [2.45, 2.75) is 19.4 Å². The van der Waals surface area contributed by atoms with Gasteiger partial charge < -0.3 is 19.1 Å². The van der Waals surface area contributed by atoms with E-state index in [2.05, 4.69) is 25.4 Å². The lowest BCUT2D eigenvalue weighted by Gasteiger charge is -2.19. The molecule has 1 unspecified atom stereocenters. The maximum Gasteiger partial charge on any atom is 0.264 e. The van der Waals surface area contributed by atoms with Crippen LogP contribution in [0.25, 0.3) is 23.0 Å². The highest BCUT2D eigenvalue weighted by atomic mass is 16.5. The van der Waals surface area contributed by atoms with Gasteiger partial charge in [-0.3, -0.25) is 14.6 Å². The molecule has 3 heterocycles. The molecule has 32 heavy (non-hydrogen) atoms. The zero-order valence-corrected chi connectivity index (χ0v) is 17.4. The van der Waals surface area contributed by atoms with Crippen molar-refractivity contribution in [3.8, 4) is 28.7 Å². The quantitative estimate of drug-likeness (QED) is 0.472. The second-order valence-electron chi connectivity index (χ2n) is 6.76. The van der Waals surface area contributed by atoms with Gasteiger partial charge in [0.2, 0.25) is 11.7 Å². The molecule has 0 aliphatic carbocycles. The molecule has 3 aromatic heterocycles. The van der Waals surface area contributed by atoms with Gasteiger partial charge in [0.1, 0.15) is 23.0 Å². The fraction of sp³-hybridized carbons (Fsp3) is 0.182. The summed E-state index contributed by atoms with van der Waals surface area (Å²) in [4.78, 5) is 38.6. The van der Waals surface area contributed by atoms with Crippen LogP contribution in [0.2, 0.25) is 0 Å². The number of anilines is 1. The summed E-state index contributed by atoms with van der Waals surface area (Å²) >= 11 is 0. The van der Waals surface area contributed by atoms with Crippen LogP contribution < -0.4 is 15.6 Å². The predicted molar refractivity (Wildman–Crippen MR) is 116 cm³/mol. The lowest BCUT2D eigenvalue weighted by atomic mass is 10.1. The number of para-hydroxylation sites is 2. The van der Waals surface area contributed by atoms with Crippen molar-refractivity contribution in [2.75, 3.05) is 12.4 Å². The fourth-order valence-electron chi connectivity index (χ4n) is 3.24. The van der Waals surface area contributed by atoms with Crippen LogP contribution in [-0.4, -0.2) is 37.7 Å². The Hall–Kier alpha value is -4.34. The van der Waals surface area contributed by atoms with Gasteiger partial charge >= 0.3 is 0 Å². The highest BCUT2D eigenvalue weighted by molar-refractivity contribution is 5.95. The molecule has 0 radical (unpaired) electrons. The summed E-state index contributed by atoms with van der Waals surface area (Å²) in [5.41, 5.74) is 0.692. The monoisotopic (exact) mass is 432 g/mol. The van der Waals surface area contributed by atoms with Crippen molar-refractivity contribution in [3.63, 3.8) is 0 Å². The second-order valence-corrected chi connectivity index (χ2v) is 6.76. The summed E-state index contributed by atoms with van der Waals surface area (Å²) in [6, 6.07) is 9.53. The van der Waals surface area contributed by atoms with Crippen LogP contribution in [0, 0.1) is 0 Å². The minimum atomic E-state index is -0.755. The average Bonchev–Trinajstić information content (AvgIpc) is 3.32. The molecule has 4 rings (SSSR count). The number of hydrogen-bond acceptors (Lipinski definition) is 8. The number of nitrogens with one attached hydrogen (secondary N) is 1. The molecule has 0 bridgehead atoms. The van der Waals surface area contributed by atoms with Crippen LogP contribution >= 0.6 is 0 Å². The minimum absolute atomic E-state index is 0.0324. The van der Waals surface area contributed by atoms with Gasteiger partial charge in [-0.05, 0) is 30.7 Å². The Balaban J connectivity index is 1.64. The molecule has 1 N–H and O–H groups in total. The van der Waals surface area contributed by atoms with Gasteiger partial charge in [-0.2, -0.15) is 4.98 Å². The molecular formula is C22H20N6O4. The smallest absolute Gasteiger partial charge is 0.264 e. The Labute approximate surface area is 182 Å². The predicted octanol–water partition coefficient (Wildman–Crippen LogP) is 2.95. The van der Waals surface area contributed by atoms with E-state index in [1.54, 1.807) is 42.6 Å². The van der Waals surface area contributed by atoms with E-state index in [9.17, 15) is 9.59 Å². The van der Waals surface area contributed by atoms with Crippen molar-refractivity contribution in [2.24, 2.45) is 0 Å². The first kappa shape index (κ1) is 20.9. The summed E-state index contributed by atoms with van der Waals surface area (Å²) in [6.07, 6.45) is 6.47. The highest BCUT2D eigenvalue weighted by Crippen LogP contribution is 2.25. The first-order chi connectivity index (χ1) is 15.6. The van der Waals surface area contributed by atoms with Crippen molar-refractivity contribution >= 4 is 11.6 Å². The molecule has 0 fully saturated rings. The Morgan fingerprint density at radius 3 is 2.81 bits per heavy atom. The molecule has 0 saturated carbocycles. The molecule has 1 amide bonds. The Morgan fingerprint density at radius 2 is 2.06 bits per heavy atom. The Kier molecular flexibility index (Phi) is 6.02. The van der Waals surface area contributed by atoms with E-state index in [0.29, 0.717) is 23.6 Å². The van der Waals surface area contributed by atoms with Crippen molar-refractivity contribution < 1.29 is 14.1 Å². The highest BCUT2D eigenvalue weighted by Gasteiger charge is 2.23. The van der Waals surface area contributed by atoms with Crippen LogP contribution in [0.4, 0.5) is 5.69 Å². The van der Waals surface area contributed by atoms with Gasteiger partial charge in [0.25, 0.3) is 11.4 Å². The summed E-state index contributed by atoms with van der Waals surface area (Å²) in [5.74, 6) is 0.426. The number of carbonyl (C=O) groups excluding carboxylic acids is 1. The number of amides is 1. The molecule has 1 atom stereocenters. The number of aromatic nitrogens is 5. The number of benzene rings is 1. The largest absolute Gasteiger partial charge is 0.495 e. The topological polar surface area (TPSA) is 125 Å². The summed E-state index contributed by atoms with van der Waals surface area (Å²) < 4.78 is 11.9. The van der Waals surface area contributed by atoms with E-state index in [1.165, 1.54) is 30.3 Å². The van der Waals surface area contributed by atoms with E-state index >= 15 is 0 Å². The summed E-state index contributed by atoms with van der Waals surface area (Å²) in [7, 11) is 1.52. The third kappa shape index (κ3) is 4.10. The van der Waals surface area contributed by atoms with Crippen molar-refractivity contribution in [1.82, 2.24) is 24.7 Å². The Morgan fingerprint density at radius 1 is 1.22 bits per heavy atom. The molecular weight excluding hydrogens is 412 g/mol. The Bertz CT molecular complexity index is 1280. The van der Waals surface area contributed by atoms with Crippen LogP contribution in [0.3, 0.4) is 0 Å². The van der Waals surface area contributed by atoms with E-state index in [0.717, 1.165) is 0 Å². The SMILES string of the molecule is CCC(C(=O)Nc1ccccc1OC)n1cccc(-c2nc(-c3cnccn3)no2)c1=O. The number of nitrogens with zero attached hydrogens (tertiary/aromatic N) is 5. The van der Waals surface area contributed by atoms with Gasteiger partial charge in [-0.25, -0.2) is 4.98 Å². The maximum atomic E-state index is 13.2. The van der Waals surface area contributed by atoms with E-state index in [1.807, 2.05) is 6.92 Å². The molecule has 0 aliphatic heterocycles. The lowest BCUT2D eigenvalue weighted by Crippen LogP contribution is -2.33. The summed E-state index contributed by atoms with van der Waals surface area (Å²) in [5, 5.41) is 6.71. The minimum Gasteiger partial charge on any atom is -0.495 e. The van der Waals surface area contributed by atoms with Gasteiger partial charge in [0.15, 0.2) is 0 Å². The molecule has 1 aromatic carbocycles. The average molecular weight is 432 g/mol. The van der Waals surface area contributed by atoms with Crippen LogP contribution in [-0.2, 0) is 4.79 Å². The number of ether oxygens (including phenoxy) is 1. The molecule has 162 valence electrons. The number of methoxy groups -OCH3 is 1. The zero-order valence-electron chi connectivity index (χ0n) is 17.4. The fourth-order valence-corrected chi connectivity index (χ4v) is 3.24. The van der Waals surface area contributed by atoms with E-state index in [-0.39, 0.29) is 23.2 Å². The van der Waals surface area contributed by atoms with Crippen molar-refractivity contribution in [1.29, 1.82) is 0 Å². The molecule has 0 saturated heterocycles. The molecule has 4 aromatic rings. The van der Waals surface area contributed by atoms with E-state index in [4.69, 9.17) is 9.26 Å². The molecule has 10 nitrogen and oxygen atoms in total. The lowest BCUT2D eigenvalue weighted by molar-refractivity contribution is -0.119. The van der Waals surface area contributed by atoms with Gasteiger partial charge in [0.05, 0.1) is 19.0 Å². The maximum absolute atomic E-state index is 13.2. The molecule has 0 spiro atoms. The standard InChI is InChI=1S/C22H20N6O4/c1-3-17(20(29)25-15-8-4-5-9-18(15)31-2)28-12-6-7-14(22(28)30)21-26-19(27-32-21)16-13-23-10-11-24-16/h4-13,17H,3H2,1-2H3,(H,25,29). The summed E-state index contributed by atoms with van der Waals surface area (Å²) in [6.45, 7) is 1.82. The van der Waals surface area contributed by atoms with Gasteiger partial charge in [0, 0.05) is 18.6 Å². The first-order valence-electron chi connectivity index (χ1n) is 9.88. The first-order valence-corrected chi connectivity index (χ1v) is 9.88. The third-order valence-electron chi connectivity index (χ3n) is 4.81. The molecule has 0 aliphatic rings. The van der Waals surface area contributed by atoms with E-state index < -0.39 is 11.6 Å². The van der Waals surface area contributed by atoms with Gasteiger partial charge in [-0.1, -0.05) is 24.2 Å². The van der Waals surface area contributed by atoms with Crippen LogP contribution in [0.15, 0.2) is 70.5 Å². The normalized spacial score (nSPS) is 11.7. The number of rotatable bonds is 7. The zero-order chi connectivity index (χ0) is 22.5. The van der Waals surface area contributed by atoms with Crippen molar-refractivity contribution in [3.05, 3.63) is 71.5 Å². The van der Waals surface area contributed by atoms with Crippen LogP contribution in [0.5, 0.6) is 5.75 Å². The second kappa shape index (κ2) is 9.21.